The maximum atomic E-state index is 5.71. The number of ether oxygens (including phenoxy) is 1. The van der Waals surface area contributed by atoms with Gasteiger partial charge in [0, 0.05) is 0 Å². The van der Waals surface area contributed by atoms with Gasteiger partial charge >= 0.3 is 0 Å². The summed E-state index contributed by atoms with van der Waals surface area (Å²) in [6, 6.07) is 7.64. The molecule has 0 saturated carbocycles. The van der Waals surface area contributed by atoms with Gasteiger partial charge in [-0.3, -0.25) is 0 Å². The molecule has 0 saturated heterocycles. The highest BCUT2D eigenvalue weighted by molar-refractivity contribution is 5.36. The highest BCUT2D eigenvalue weighted by atomic mass is 16.5. The molecule has 0 aliphatic rings. The molecule has 5 nitrogen and oxygen atoms in total. The second-order valence-corrected chi connectivity index (χ2v) is 4.46. The maximum Gasteiger partial charge on any atom is 0.143 e. The van der Waals surface area contributed by atoms with E-state index < -0.39 is 0 Å². The second kappa shape index (κ2) is 3.92. The third-order valence-corrected chi connectivity index (χ3v) is 1.87. The molecular formula is C11H14N4O. The largest absolute Gasteiger partial charge is 0.488 e. The Morgan fingerprint density at radius 1 is 1.12 bits per heavy atom. The average molecular weight is 218 g/mol. The summed E-state index contributed by atoms with van der Waals surface area (Å²) in [5.74, 6) is 0.837. The molecule has 0 aliphatic heterocycles. The molecule has 1 aromatic heterocycles. The highest BCUT2D eigenvalue weighted by Gasteiger charge is 2.11. The van der Waals surface area contributed by atoms with Crippen LogP contribution in [0.4, 0.5) is 0 Å². The van der Waals surface area contributed by atoms with Crippen LogP contribution in [0.2, 0.25) is 0 Å². The van der Waals surface area contributed by atoms with E-state index in [2.05, 4.69) is 15.5 Å². The summed E-state index contributed by atoms with van der Waals surface area (Å²) < 4.78 is 7.31. The predicted octanol–water partition coefficient (Wildman–Crippen LogP) is 1.84. The Kier molecular flexibility index (Phi) is 2.60. The van der Waals surface area contributed by atoms with E-state index in [0.717, 1.165) is 11.4 Å². The zero-order valence-electron chi connectivity index (χ0n) is 9.58. The Labute approximate surface area is 94.0 Å². The number of aromatic nitrogens is 4. The van der Waals surface area contributed by atoms with Crippen molar-refractivity contribution in [1.82, 2.24) is 20.2 Å². The third-order valence-electron chi connectivity index (χ3n) is 1.87. The van der Waals surface area contributed by atoms with Crippen LogP contribution in [0.5, 0.6) is 5.75 Å². The quantitative estimate of drug-likeness (QED) is 0.771. The van der Waals surface area contributed by atoms with E-state index in [-0.39, 0.29) is 5.60 Å². The van der Waals surface area contributed by atoms with Crippen LogP contribution >= 0.6 is 0 Å². The molecule has 2 rings (SSSR count). The number of nitrogens with zero attached hydrogens (tertiary/aromatic N) is 4. The first kappa shape index (κ1) is 10.6. The lowest BCUT2D eigenvalue weighted by atomic mass is 10.2. The molecule has 0 N–H and O–H groups in total. The van der Waals surface area contributed by atoms with Crippen LogP contribution in [0.15, 0.2) is 30.6 Å². The lowest BCUT2D eigenvalue weighted by molar-refractivity contribution is 0.131. The minimum absolute atomic E-state index is 0.184. The van der Waals surface area contributed by atoms with Crippen molar-refractivity contribution >= 4 is 0 Å². The first-order valence-electron chi connectivity index (χ1n) is 5.07. The van der Waals surface area contributed by atoms with Gasteiger partial charge in [-0.1, -0.05) is 0 Å². The lowest BCUT2D eigenvalue weighted by Crippen LogP contribution is -2.22. The van der Waals surface area contributed by atoms with E-state index in [0.29, 0.717) is 0 Å². The van der Waals surface area contributed by atoms with Crippen molar-refractivity contribution in [3.05, 3.63) is 30.6 Å². The van der Waals surface area contributed by atoms with Gasteiger partial charge in [-0.2, -0.15) is 0 Å². The maximum absolute atomic E-state index is 5.71. The number of hydrogen-bond acceptors (Lipinski definition) is 4. The van der Waals surface area contributed by atoms with Crippen molar-refractivity contribution in [2.75, 3.05) is 0 Å². The van der Waals surface area contributed by atoms with Crippen molar-refractivity contribution in [1.29, 1.82) is 0 Å². The van der Waals surface area contributed by atoms with E-state index in [1.807, 2.05) is 45.0 Å². The fourth-order valence-electron chi connectivity index (χ4n) is 1.30. The molecule has 0 bridgehead atoms. The van der Waals surface area contributed by atoms with Crippen molar-refractivity contribution in [3.63, 3.8) is 0 Å². The summed E-state index contributed by atoms with van der Waals surface area (Å²) in [5.41, 5.74) is 0.724. The molecule has 0 amide bonds. The smallest absolute Gasteiger partial charge is 0.143 e. The van der Waals surface area contributed by atoms with Crippen molar-refractivity contribution < 1.29 is 4.74 Å². The summed E-state index contributed by atoms with van der Waals surface area (Å²) in [6.07, 6.45) is 1.56. The van der Waals surface area contributed by atoms with Gasteiger partial charge in [0.2, 0.25) is 0 Å². The monoisotopic (exact) mass is 218 g/mol. The van der Waals surface area contributed by atoms with Gasteiger partial charge in [-0.05, 0) is 55.5 Å². The predicted molar refractivity (Wildman–Crippen MR) is 59.5 cm³/mol. The standard InChI is InChI=1S/C11H14N4O/c1-11(2,3)16-10-6-4-9(5-7-10)15-8-12-13-14-15/h4-8H,1-3H3. The van der Waals surface area contributed by atoms with E-state index in [1.54, 1.807) is 11.0 Å². The molecule has 2 aromatic rings. The summed E-state index contributed by atoms with van der Waals surface area (Å²) in [6.45, 7) is 6.05. The minimum Gasteiger partial charge on any atom is -0.488 e. The van der Waals surface area contributed by atoms with Gasteiger partial charge in [0.1, 0.15) is 17.7 Å². The topological polar surface area (TPSA) is 52.8 Å². The molecule has 0 atom stereocenters. The first-order valence-corrected chi connectivity index (χ1v) is 5.07. The fraction of sp³-hybridized carbons (Fsp3) is 0.364. The SMILES string of the molecule is CC(C)(C)Oc1ccc(-n2cnnn2)cc1. The Balaban J connectivity index is 2.17. The van der Waals surface area contributed by atoms with Gasteiger partial charge in [-0.15, -0.1) is 5.10 Å². The normalized spacial score (nSPS) is 11.4. The van der Waals surface area contributed by atoms with E-state index in [9.17, 15) is 0 Å². The van der Waals surface area contributed by atoms with Gasteiger partial charge in [0.25, 0.3) is 0 Å². The van der Waals surface area contributed by atoms with E-state index in [4.69, 9.17) is 4.74 Å². The van der Waals surface area contributed by atoms with Crippen LogP contribution in [0.3, 0.4) is 0 Å². The van der Waals surface area contributed by atoms with Crippen LogP contribution in [-0.4, -0.2) is 25.8 Å². The molecule has 1 aromatic carbocycles. The van der Waals surface area contributed by atoms with Gasteiger partial charge in [-0.25, -0.2) is 4.68 Å². The lowest BCUT2D eigenvalue weighted by Gasteiger charge is -2.21. The number of tetrazole rings is 1. The third kappa shape index (κ3) is 2.56. The Bertz CT molecular complexity index is 442. The van der Waals surface area contributed by atoms with Crippen LogP contribution in [0, 0.1) is 0 Å². The molecule has 0 unspecified atom stereocenters. The molecule has 5 heteroatoms. The average Bonchev–Trinajstić information content (AvgIpc) is 2.69. The van der Waals surface area contributed by atoms with Crippen molar-refractivity contribution in [3.8, 4) is 11.4 Å². The zero-order chi connectivity index (χ0) is 11.6. The van der Waals surface area contributed by atoms with Crippen LogP contribution in [0.25, 0.3) is 5.69 Å². The van der Waals surface area contributed by atoms with Gasteiger partial charge in [0.15, 0.2) is 0 Å². The number of hydrogen-bond donors (Lipinski definition) is 0. The van der Waals surface area contributed by atoms with Gasteiger partial charge in [0.05, 0.1) is 5.69 Å². The summed E-state index contributed by atoms with van der Waals surface area (Å²) in [4.78, 5) is 0. The molecular weight excluding hydrogens is 204 g/mol. The molecule has 0 aliphatic carbocycles. The molecule has 0 radical (unpaired) electrons. The second-order valence-electron chi connectivity index (χ2n) is 4.46. The summed E-state index contributed by atoms with van der Waals surface area (Å²) in [5, 5.41) is 11.0. The van der Waals surface area contributed by atoms with Crippen molar-refractivity contribution in [2.24, 2.45) is 0 Å². The van der Waals surface area contributed by atoms with E-state index in [1.165, 1.54) is 0 Å². The fourth-order valence-corrected chi connectivity index (χ4v) is 1.30. The molecule has 16 heavy (non-hydrogen) atoms. The Morgan fingerprint density at radius 2 is 1.81 bits per heavy atom. The molecule has 0 fully saturated rings. The molecule has 84 valence electrons. The van der Waals surface area contributed by atoms with E-state index >= 15 is 0 Å². The van der Waals surface area contributed by atoms with Crippen LogP contribution < -0.4 is 4.74 Å². The zero-order valence-corrected chi connectivity index (χ0v) is 9.58. The molecule has 0 spiro atoms. The number of rotatable bonds is 2. The first-order chi connectivity index (χ1) is 7.54. The van der Waals surface area contributed by atoms with Crippen LogP contribution in [-0.2, 0) is 0 Å². The Morgan fingerprint density at radius 3 is 2.31 bits per heavy atom. The Hall–Kier alpha value is -1.91. The van der Waals surface area contributed by atoms with Crippen molar-refractivity contribution in [2.45, 2.75) is 26.4 Å². The highest BCUT2D eigenvalue weighted by Crippen LogP contribution is 2.19. The summed E-state index contributed by atoms with van der Waals surface area (Å²) >= 11 is 0. The number of benzene rings is 1. The molecule has 1 heterocycles. The van der Waals surface area contributed by atoms with Crippen LogP contribution in [0.1, 0.15) is 20.8 Å². The van der Waals surface area contributed by atoms with Gasteiger partial charge < -0.3 is 4.74 Å². The minimum atomic E-state index is -0.184. The summed E-state index contributed by atoms with van der Waals surface area (Å²) in [7, 11) is 0.